The third-order valence-corrected chi connectivity index (χ3v) is 6.82. The van der Waals surface area contributed by atoms with Crippen molar-refractivity contribution < 1.29 is 17.6 Å². The first-order valence-electron chi connectivity index (χ1n) is 7.32. The number of hydrogen-bond acceptors (Lipinski definition) is 4. The molecular weight excluding hydrogens is 431 g/mol. The summed E-state index contributed by atoms with van der Waals surface area (Å²) in [6.45, 7) is 1.81. The van der Waals surface area contributed by atoms with E-state index in [2.05, 4.69) is 26.0 Å². The summed E-state index contributed by atoms with van der Waals surface area (Å²) in [6, 6.07) is 8.51. The first-order chi connectivity index (χ1) is 11.8. The smallest absolute Gasteiger partial charge is 0.262 e. The largest absolute Gasteiger partial charge is 0.325 e. The Kier molecular flexibility index (Phi) is 5.08. The van der Waals surface area contributed by atoms with Crippen molar-refractivity contribution in [2.45, 2.75) is 16.7 Å². The minimum Gasteiger partial charge on any atom is -0.325 e. The zero-order valence-electron chi connectivity index (χ0n) is 13.0. The summed E-state index contributed by atoms with van der Waals surface area (Å²) in [4.78, 5) is 12.7. The van der Waals surface area contributed by atoms with Crippen molar-refractivity contribution in [2.75, 3.05) is 15.8 Å². The third kappa shape index (κ3) is 3.99. The van der Waals surface area contributed by atoms with E-state index in [0.29, 0.717) is 15.9 Å². The number of hydrogen-bond donors (Lipinski definition) is 2. The topological polar surface area (TPSA) is 75.3 Å². The maximum absolute atomic E-state index is 13.9. The third-order valence-electron chi connectivity index (χ3n) is 3.63. The molecule has 0 aliphatic carbocycles. The molecule has 0 fully saturated rings. The van der Waals surface area contributed by atoms with E-state index < -0.39 is 15.8 Å². The van der Waals surface area contributed by atoms with Gasteiger partial charge in [-0.05, 0) is 36.4 Å². The number of fused-ring (bicyclic) bond motifs is 1. The average Bonchev–Trinajstić information content (AvgIpc) is 2.69. The van der Waals surface area contributed by atoms with E-state index in [9.17, 15) is 17.6 Å². The Labute approximate surface area is 157 Å². The molecule has 0 bridgehead atoms. The fraction of sp³-hybridized carbons (Fsp3) is 0.188. The van der Waals surface area contributed by atoms with Crippen LogP contribution in [-0.2, 0) is 14.8 Å². The quantitative estimate of drug-likeness (QED) is 0.747. The van der Waals surface area contributed by atoms with Crippen LogP contribution in [0.1, 0.15) is 6.92 Å². The number of benzene rings is 2. The fourth-order valence-corrected chi connectivity index (χ4v) is 4.66. The van der Waals surface area contributed by atoms with Crippen LogP contribution in [0.15, 0.2) is 50.7 Å². The van der Waals surface area contributed by atoms with Gasteiger partial charge in [-0.25, -0.2) is 12.8 Å². The molecule has 0 aromatic heterocycles. The van der Waals surface area contributed by atoms with Crippen LogP contribution in [-0.4, -0.2) is 20.1 Å². The van der Waals surface area contributed by atoms with Crippen LogP contribution in [0.3, 0.4) is 0 Å². The maximum Gasteiger partial charge on any atom is 0.262 e. The van der Waals surface area contributed by atoms with Gasteiger partial charge in [0.05, 0.1) is 16.3 Å². The molecule has 2 aromatic rings. The average molecular weight is 445 g/mol. The van der Waals surface area contributed by atoms with E-state index in [-0.39, 0.29) is 22.4 Å². The Morgan fingerprint density at radius 1 is 1.28 bits per heavy atom. The second kappa shape index (κ2) is 6.97. The van der Waals surface area contributed by atoms with E-state index in [1.165, 1.54) is 42.1 Å². The molecule has 0 unspecified atom stereocenters. The molecule has 5 nitrogen and oxygen atoms in total. The van der Waals surface area contributed by atoms with Crippen molar-refractivity contribution in [1.82, 2.24) is 0 Å². The summed E-state index contributed by atoms with van der Waals surface area (Å²) in [5.74, 6) is -0.404. The minimum absolute atomic E-state index is 0.0518. The molecule has 1 aliphatic rings. The summed E-state index contributed by atoms with van der Waals surface area (Å²) in [6.07, 6.45) is 0. The molecule has 0 saturated carbocycles. The molecule has 1 aliphatic heterocycles. The van der Waals surface area contributed by atoms with E-state index in [0.717, 1.165) is 4.90 Å². The molecule has 1 amide bonds. The lowest BCUT2D eigenvalue weighted by Gasteiger charge is -2.12. The number of sulfonamides is 1. The molecule has 1 heterocycles. The summed E-state index contributed by atoms with van der Waals surface area (Å²) >= 11 is 4.61. The Morgan fingerprint density at radius 3 is 2.76 bits per heavy atom. The van der Waals surface area contributed by atoms with Gasteiger partial charge in [0, 0.05) is 21.0 Å². The molecule has 2 N–H and O–H groups in total. The van der Waals surface area contributed by atoms with Gasteiger partial charge in [0.25, 0.3) is 10.0 Å². The normalized spacial score (nSPS) is 17.4. The van der Waals surface area contributed by atoms with Gasteiger partial charge in [0.1, 0.15) is 5.82 Å². The number of anilines is 2. The number of rotatable bonds is 3. The van der Waals surface area contributed by atoms with Crippen LogP contribution in [0.5, 0.6) is 0 Å². The Balaban J connectivity index is 1.93. The molecule has 0 spiro atoms. The fourth-order valence-electron chi connectivity index (χ4n) is 2.22. The first kappa shape index (κ1) is 18.2. The highest BCUT2D eigenvalue weighted by Crippen LogP contribution is 2.34. The highest BCUT2D eigenvalue weighted by molar-refractivity contribution is 9.10. The van der Waals surface area contributed by atoms with Crippen molar-refractivity contribution in [3.8, 4) is 0 Å². The summed E-state index contributed by atoms with van der Waals surface area (Å²) in [5, 5.41) is 2.74. The van der Waals surface area contributed by atoms with Crippen LogP contribution >= 0.6 is 27.7 Å². The van der Waals surface area contributed by atoms with Gasteiger partial charge < -0.3 is 5.32 Å². The van der Waals surface area contributed by atoms with Crippen LogP contribution in [0, 0.1) is 11.7 Å². The van der Waals surface area contributed by atoms with Crippen molar-refractivity contribution in [3.63, 3.8) is 0 Å². The van der Waals surface area contributed by atoms with E-state index in [4.69, 9.17) is 0 Å². The van der Waals surface area contributed by atoms with Crippen molar-refractivity contribution in [2.24, 2.45) is 5.92 Å². The van der Waals surface area contributed by atoms with E-state index >= 15 is 0 Å². The number of carbonyl (C=O) groups is 1. The molecule has 0 radical (unpaired) electrons. The second-order valence-corrected chi connectivity index (χ2v) is 9.25. The Bertz CT molecular complexity index is 950. The van der Waals surface area contributed by atoms with Crippen molar-refractivity contribution >= 4 is 55.0 Å². The molecule has 3 rings (SSSR count). The maximum atomic E-state index is 13.9. The molecule has 25 heavy (non-hydrogen) atoms. The Morgan fingerprint density at radius 2 is 2.04 bits per heavy atom. The number of nitrogens with one attached hydrogen (secondary N) is 2. The molecule has 132 valence electrons. The Hall–Kier alpha value is -1.58. The summed E-state index contributed by atoms with van der Waals surface area (Å²) in [7, 11) is -3.99. The number of amides is 1. The molecule has 0 saturated heterocycles. The summed E-state index contributed by atoms with van der Waals surface area (Å²) < 4.78 is 41.7. The van der Waals surface area contributed by atoms with Crippen LogP contribution in [0.25, 0.3) is 0 Å². The van der Waals surface area contributed by atoms with Crippen molar-refractivity contribution in [1.29, 1.82) is 0 Å². The standard InChI is InChI=1S/C16H14BrFN2O3S2/c1-9-8-24-15-5-3-11(7-14(15)19-16(9)21)25(22,23)20-13-4-2-10(17)6-12(13)18/h2-7,9,20H,8H2,1H3,(H,19,21)/t9-/m0/s1. The highest BCUT2D eigenvalue weighted by Gasteiger charge is 2.23. The predicted octanol–water partition coefficient (Wildman–Crippen LogP) is 4.07. The zero-order chi connectivity index (χ0) is 18.2. The predicted molar refractivity (Wildman–Crippen MR) is 99.9 cm³/mol. The zero-order valence-corrected chi connectivity index (χ0v) is 16.3. The van der Waals surface area contributed by atoms with Gasteiger partial charge in [0.15, 0.2) is 0 Å². The van der Waals surface area contributed by atoms with Gasteiger partial charge in [0.2, 0.25) is 5.91 Å². The monoisotopic (exact) mass is 444 g/mol. The minimum atomic E-state index is -3.99. The first-order valence-corrected chi connectivity index (χ1v) is 10.6. The van der Waals surface area contributed by atoms with Crippen LogP contribution in [0.4, 0.5) is 15.8 Å². The van der Waals surface area contributed by atoms with Gasteiger partial charge >= 0.3 is 0 Å². The van der Waals surface area contributed by atoms with Crippen LogP contribution in [0.2, 0.25) is 0 Å². The van der Waals surface area contributed by atoms with Gasteiger partial charge in [-0.15, -0.1) is 11.8 Å². The van der Waals surface area contributed by atoms with Gasteiger partial charge in [-0.2, -0.15) is 0 Å². The SMILES string of the molecule is C[C@H]1CSc2ccc(S(=O)(=O)Nc3ccc(Br)cc3F)cc2NC1=O. The summed E-state index contributed by atoms with van der Waals surface area (Å²) in [5.41, 5.74) is 0.295. The highest BCUT2D eigenvalue weighted by atomic mass is 79.9. The molecule has 2 aromatic carbocycles. The lowest BCUT2D eigenvalue weighted by Crippen LogP contribution is -2.20. The number of carbonyl (C=O) groups excluding carboxylic acids is 1. The van der Waals surface area contributed by atoms with Crippen molar-refractivity contribution in [3.05, 3.63) is 46.7 Å². The van der Waals surface area contributed by atoms with E-state index in [1.807, 2.05) is 6.92 Å². The number of thioether (sulfide) groups is 1. The van der Waals surface area contributed by atoms with Gasteiger partial charge in [-0.1, -0.05) is 22.9 Å². The second-order valence-electron chi connectivity index (χ2n) is 5.59. The van der Waals surface area contributed by atoms with Gasteiger partial charge in [-0.3, -0.25) is 9.52 Å². The van der Waals surface area contributed by atoms with E-state index in [1.54, 1.807) is 6.07 Å². The van der Waals surface area contributed by atoms with Crippen LogP contribution < -0.4 is 10.0 Å². The molecule has 9 heteroatoms. The molecular formula is C16H14BrFN2O3S2. The lowest BCUT2D eigenvalue weighted by molar-refractivity contribution is -0.118. The molecule has 1 atom stereocenters. The lowest BCUT2D eigenvalue weighted by atomic mass is 10.2. The number of halogens is 2.